The van der Waals surface area contributed by atoms with Crippen molar-refractivity contribution in [2.24, 2.45) is 0 Å². The first-order valence-electron chi connectivity index (χ1n) is 7.87. The van der Waals surface area contributed by atoms with Crippen molar-refractivity contribution in [2.75, 3.05) is 26.3 Å². The lowest BCUT2D eigenvalue weighted by Crippen LogP contribution is -2.41. The van der Waals surface area contributed by atoms with Crippen molar-refractivity contribution >= 4 is 5.91 Å². The number of nitriles is 1. The highest BCUT2D eigenvalue weighted by molar-refractivity contribution is 5.92. The summed E-state index contributed by atoms with van der Waals surface area (Å²) in [4.78, 5) is 17.0. The molecule has 6 heteroatoms. The summed E-state index contributed by atoms with van der Waals surface area (Å²) in [5.41, 5.74) is 0.966. The van der Waals surface area contributed by atoms with Crippen LogP contribution in [0.5, 0.6) is 0 Å². The zero-order chi connectivity index (χ0) is 15.4. The predicted octanol–water partition coefficient (Wildman–Crippen LogP) is 1.69. The third-order valence-electron chi connectivity index (χ3n) is 4.31. The Morgan fingerprint density at radius 1 is 1.45 bits per heavy atom. The van der Waals surface area contributed by atoms with Gasteiger partial charge in [-0.2, -0.15) is 5.26 Å². The predicted molar refractivity (Wildman–Crippen MR) is 79.4 cm³/mol. The average Bonchev–Trinajstić information content (AvgIpc) is 3.24. The van der Waals surface area contributed by atoms with E-state index in [0.29, 0.717) is 31.0 Å². The molecule has 22 heavy (non-hydrogen) atoms. The minimum Gasteiger partial charge on any atom is -0.376 e. The van der Waals surface area contributed by atoms with Crippen LogP contribution >= 0.6 is 0 Å². The number of aromatic nitrogens is 1. The van der Waals surface area contributed by atoms with Crippen molar-refractivity contribution in [2.45, 2.75) is 37.9 Å². The van der Waals surface area contributed by atoms with Crippen molar-refractivity contribution in [1.29, 1.82) is 5.26 Å². The van der Waals surface area contributed by atoms with Gasteiger partial charge in [0.1, 0.15) is 11.8 Å². The Morgan fingerprint density at radius 3 is 2.91 bits per heavy atom. The molecule has 0 radical (unpaired) electrons. The molecule has 1 amide bonds. The van der Waals surface area contributed by atoms with Crippen molar-refractivity contribution in [3.63, 3.8) is 0 Å². The van der Waals surface area contributed by atoms with E-state index in [2.05, 4.69) is 4.98 Å². The molecular weight excluding hydrogens is 282 g/mol. The molecule has 0 saturated carbocycles. The molecule has 1 aromatic rings. The van der Waals surface area contributed by atoms with Gasteiger partial charge in [0.15, 0.2) is 0 Å². The maximum absolute atomic E-state index is 12.3. The van der Waals surface area contributed by atoms with Crippen LogP contribution in [0.25, 0.3) is 0 Å². The molecule has 0 aliphatic carbocycles. The standard InChI is InChI=1S/C16H21N3O3/c17-9-12-8-15(18-10-12)16(20)19-5-3-13(4-6-19)22-11-14-2-1-7-21-14/h8,10,13-14,18H,1-7,11H2. The Balaban J connectivity index is 1.44. The number of hydrogen-bond acceptors (Lipinski definition) is 4. The third-order valence-corrected chi connectivity index (χ3v) is 4.31. The second kappa shape index (κ2) is 6.95. The minimum atomic E-state index is -0.0425. The summed E-state index contributed by atoms with van der Waals surface area (Å²) in [6, 6.07) is 3.62. The lowest BCUT2D eigenvalue weighted by atomic mass is 10.1. The number of piperidine rings is 1. The van der Waals surface area contributed by atoms with Gasteiger partial charge >= 0.3 is 0 Å². The van der Waals surface area contributed by atoms with E-state index in [1.54, 1.807) is 12.3 Å². The molecule has 3 rings (SSSR count). The zero-order valence-electron chi connectivity index (χ0n) is 12.6. The molecule has 0 aromatic carbocycles. The summed E-state index contributed by atoms with van der Waals surface area (Å²) in [6.07, 6.45) is 5.95. The molecule has 1 aromatic heterocycles. The maximum Gasteiger partial charge on any atom is 0.270 e. The SMILES string of the molecule is N#Cc1c[nH]c(C(=O)N2CCC(OCC3CCCO3)CC2)c1. The molecule has 0 bridgehead atoms. The topological polar surface area (TPSA) is 78.4 Å². The first-order chi connectivity index (χ1) is 10.8. The van der Waals surface area contributed by atoms with Crippen LogP contribution in [0.4, 0.5) is 0 Å². The summed E-state index contributed by atoms with van der Waals surface area (Å²) in [5, 5.41) is 8.81. The summed E-state index contributed by atoms with van der Waals surface area (Å²) in [6.45, 7) is 2.90. The van der Waals surface area contributed by atoms with Crippen LogP contribution in [0.1, 0.15) is 41.7 Å². The van der Waals surface area contributed by atoms with Crippen molar-refractivity contribution in [3.8, 4) is 6.07 Å². The Hall–Kier alpha value is -1.84. The van der Waals surface area contributed by atoms with E-state index in [1.807, 2.05) is 11.0 Å². The summed E-state index contributed by atoms with van der Waals surface area (Å²) in [7, 11) is 0. The van der Waals surface area contributed by atoms with Gasteiger partial charge in [-0.15, -0.1) is 0 Å². The molecule has 1 N–H and O–H groups in total. The van der Waals surface area contributed by atoms with E-state index >= 15 is 0 Å². The number of rotatable bonds is 4. The van der Waals surface area contributed by atoms with E-state index in [9.17, 15) is 4.79 Å². The minimum absolute atomic E-state index is 0.0425. The lowest BCUT2D eigenvalue weighted by Gasteiger charge is -2.32. The van der Waals surface area contributed by atoms with Crippen LogP contribution < -0.4 is 0 Å². The molecule has 118 valence electrons. The van der Waals surface area contributed by atoms with Crippen LogP contribution in [-0.2, 0) is 9.47 Å². The Kier molecular flexibility index (Phi) is 4.76. The first kappa shape index (κ1) is 15.1. The van der Waals surface area contributed by atoms with Gasteiger partial charge in [0.2, 0.25) is 0 Å². The number of hydrogen-bond donors (Lipinski definition) is 1. The Morgan fingerprint density at radius 2 is 2.27 bits per heavy atom. The van der Waals surface area contributed by atoms with E-state index in [1.165, 1.54) is 0 Å². The highest BCUT2D eigenvalue weighted by atomic mass is 16.5. The molecule has 3 heterocycles. The van der Waals surface area contributed by atoms with Gasteiger partial charge in [0, 0.05) is 25.9 Å². The molecule has 1 atom stereocenters. The molecule has 2 aliphatic heterocycles. The van der Waals surface area contributed by atoms with Crippen molar-refractivity contribution < 1.29 is 14.3 Å². The van der Waals surface area contributed by atoms with E-state index in [4.69, 9.17) is 14.7 Å². The van der Waals surface area contributed by atoms with Gasteiger partial charge < -0.3 is 19.4 Å². The number of ether oxygens (including phenoxy) is 2. The summed E-state index contributed by atoms with van der Waals surface area (Å²) in [5.74, 6) is -0.0425. The number of nitrogens with one attached hydrogen (secondary N) is 1. The zero-order valence-corrected chi connectivity index (χ0v) is 12.6. The second-order valence-electron chi connectivity index (χ2n) is 5.87. The van der Waals surface area contributed by atoms with Gasteiger partial charge in [-0.05, 0) is 31.7 Å². The fraction of sp³-hybridized carbons (Fsp3) is 0.625. The number of nitrogens with zero attached hydrogens (tertiary/aromatic N) is 2. The van der Waals surface area contributed by atoms with Gasteiger partial charge in [-0.1, -0.05) is 0 Å². The number of aromatic amines is 1. The Labute approximate surface area is 130 Å². The van der Waals surface area contributed by atoms with Gasteiger partial charge in [0.25, 0.3) is 5.91 Å². The maximum atomic E-state index is 12.3. The number of amides is 1. The number of carbonyl (C=O) groups is 1. The fourth-order valence-corrected chi connectivity index (χ4v) is 3.00. The van der Waals surface area contributed by atoms with Crippen LogP contribution in [0.15, 0.2) is 12.3 Å². The monoisotopic (exact) mass is 303 g/mol. The highest BCUT2D eigenvalue weighted by Crippen LogP contribution is 2.19. The van der Waals surface area contributed by atoms with Gasteiger partial charge in [-0.3, -0.25) is 4.79 Å². The lowest BCUT2D eigenvalue weighted by molar-refractivity contribution is -0.0395. The van der Waals surface area contributed by atoms with E-state index in [-0.39, 0.29) is 18.1 Å². The number of carbonyl (C=O) groups excluding carboxylic acids is 1. The smallest absolute Gasteiger partial charge is 0.270 e. The van der Waals surface area contributed by atoms with Gasteiger partial charge in [-0.25, -0.2) is 0 Å². The molecular formula is C16H21N3O3. The second-order valence-corrected chi connectivity index (χ2v) is 5.87. The normalized spacial score (nSPS) is 22.7. The molecule has 0 spiro atoms. The average molecular weight is 303 g/mol. The number of H-pyrrole nitrogens is 1. The molecule has 6 nitrogen and oxygen atoms in total. The fourth-order valence-electron chi connectivity index (χ4n) is 3.00. The van der Waals surface area contributed by atoms with Crippen LogP contribution in [0.3, 0.4) is 0 Å². The third kappa shape index (κ3) is 3.49. The first-order valence-corrected chi connectivity index (χ1v) is 7.87. The largest absolute Gasteiger partial charge is 0.376 e. The molecule has 2 fully saturated rings. The Bertz CT molecular complexity index is 549. The number of likely N-dealkylation sites (tertiary alicyclic amines) is 1. The summed E-state index contributed by atoms with van der Waals surface area (Å²) < 4.78 is 11.5. The van der Waals surface area contributed by atoms with E-state index < -0.39 is 0 Å². The van der Waals surface area contributed by atoms with Crippen LogP contribution in [0, 0.1) is 11.3 Å². The summed E-state index contributed by atoms with van der Waals surface area (Å²) >= 11 is 0. The quantitative estimate of drug-likeness (QED) is 0.918. The highest BCUT2D eigenvalue weighted by Gasteiger charge is 2.26. The van der Waals surface area contributed by atoms with Gasteiger partial charge in [0.05, 0.1) is 24.4 Å². The van der Waals surface area contributed by atoms with Crippen molar-refractivity contribution in [1.82, 2.24) is 9.88 Å². The van der Waals surface area contributed by atoms with E-state index in [0.717, 1.165) is 32.3 Å². The van der Waals surface area contributed by atoms with Crippen molar-refractivity contribution in [3.05, 3.63) is 23.5 Å². The molecule has 2 saturated heterocycles. The van der Waals surface area contributed by atoms with Crippen LogP contribution in [0.2, 0.25) is 0 Å². The molecule has 2 aliphatic rings. The molecule has 1 unspecified atom stereocenters. The van der Waals surface area contributed by atoms with Crippen LogP contribution in [-0.4, -0.2) is 54.3 Å².